The van der Waals surface area contributed by atoms with Gasteiger partial charge < -0.3 is 4.90 Å². The van der Waals surface area contributed by atoms with Gasteiger partial charge in [-0.3, -0.25) is 4.79 Å². The molecule has 2 aromatic rings. The maximum atomic E-state index is 12.4. The van der Waals surface area contributed by atoms with Crippen molar-refractivity contribution >= 4 is 28.4 Å². The van der Waals surface area contributed by atoms with Crippen LogP contribution >= 0.6 is 11.6 Å². The smallest absolute Gasteiger partial charge is 0.272 e. The van der Waals surface area contributed by atoms with Crippen LogP contribution in [-0.4, -0.2) is 28.9 Å². The summed E-state index contributed by atoms with van der Waals surface area (Å²) in [7, 11) is 0. The van der Waals surface area contributed by atoms with Crippen molar-refractivity contribution in [3.8, 4) is 0 Å². The number of rotatable bonds is 1. The van der Waals surface area contributed by atoms with Gasteiger partial charge in [0.05, 0.1) is 10.5 Å². The van der Waals surface area contributed by atoms with Crippen LogP contribution in [0, 0.1) is 0 Å². The lowest BCUT2D eigenvalue weighted by Crippen LogP contribution is -2.36. The fourth-order valence-electron chi connectivity index (χ4n) is 2.50. The van der Waals surface area contributed by atoms with Gasteiger partial charge in [-0.2, -0.15) is 0 Å². The maximum Gasteiger partial charge on any atom is 0.272 e. The molecule has 3 nitrogen and oxygen atoms in total. The Hall–Kier alpha value is -1.61. The molecule has 0 bridgehead atoms. The van der Waals surface area contributed by atoms with Crippen molar-refractivity contribution in [1.29, 1.82) is 0 Å². The van der Waals surface area contributed by atoms with Gasteiger partial charge in [-0.15, -0.1) is 0 Å². The van der Waals surface area contributed by atoms with Gasteiger partial charge in [0, 0.05) is 18.5 Å². The summed E-state index contributed by atoms with van der Waals surface area (Å²) < 4.78 is 0. The Labute approximate surface area is 117 Å². The van der Waals surface area contributed by atoms with Crippen molar-refractivity contribution in [3.63, 3.8) is 0 Å². The Morgan fingerprint density at radius 2 is 1.89 bits per heavy atom. The van der Waals surface area contributed by atoms with Gasteiger partial charge in [0.15, 0.2) is 0 Å². The molecule has 0 spiro atoms. The van der Waals surface area contributed by atoms with E-state index in [0.29, 0.717) is 10.7 Å². The molecule has 2 heterocycles. The summed E-state index contributed by atoms with van der Waals surface area (Å²) in [5.74, 6) is -0.00708. The maximum absolute atomic E-state index is 12.4. The van der Waals surface area contributed by atoms with Crippen LogP contribution < -0.4 is 0 Å². The molecule has 1 aliphatic rings. The third-order valence-corrected chi connectivity index (χ3v) is 3.84. The zero-order valence-corrected chi connectivity index (χ0v) is 11.4. The molecule has 1 aromatic heterocycles. The van der Waals surface area contributed by atoms with E-state index in [2.05, 4.69) is 4.98 Å². The van der Waals surface area contributed by atoms with Crippen LogP contribution in [-0.2, 0) is 0 Å². The van der Waals surface area contributed by atoms with Crippen molar-refractivity contribution in [3.05, 3.63) is 41.0 Å². The Bertz CT molecular complexity index is 621. The molecule has 1 saturated heterocycles. The van der Waals surface area contributed by atoms with E-state index in [1.165, 1.54) is 6.42 Å². The van der Waals surface area contributed by atoms with Crippen LogP contribution in [0.1, 0.15) is 29.8 Å². The number of halogens is 1. The summed E-state index contributed by atoms with van der Waals surface area (Å²) in [6.45, 7) is 1.65. The molecule has 0 atom stereocenters. The first kappa shape index (κ1) is 12.4. The monoisotopic (exact) mass is 274 g/mol. The van der Waals surface area contributed by atoms with Crippen molar-refractivity contribution in [2.45, 2.75) is 19.3 Å². The number of aromatic nitrogens is 1. The van der Waals surface area contributed by atoms with E-state index in [4.69, 9.17) is 11.6 Å². The van der Waals surface area contributed by atoms with Crippen LogP contribution in [0.4, 0.5) is 0 Å². The minimum atomic E-state index is -0.00708. The van der Waals surface area contributed by atoms with Crippen LogP contribution in [0.2, 0.25) is 5.02 Å². The molecular weight excluding hydrogens is 260 g/mol. The number of fused-ring (bicyclic) bond motifs is 1. The molecule has 4 heteroatoms. The highest BCUT2D eigenvalue weighted by molar-refractivity contribution is 6.35. The van der Waals surface area contributed by atoms with E-state index in [1.807, 2.05) is 29.2 Å². The molecule has 98 valence electrons. The van der Waals surface area contributed by atoms with Crippen molar-refractivity contribution in [2.24, 2.45) is 0 Å². The molecule has 0 unspecified atom stereocenters. The van der Waals surface area contributed by atoms with Gasteiger partial charge in [-0.1, -0.05) is 29.8 Å². The molecule has 1 amide bonds. The largest absolute Gasteiger partial charge is 0.337 e. The summed E-state index contributed by atoms with van der Waals surface area (Å²) >= 11 is 6.23. The van der Waals surface area contributed by atoms with E-state index >= 15 is 0 Å². The van der Waals surface area contributed by atoms with E-state index in [1.54, 1.807) is 6.07 Å². The highest BCUT2D eigenvalue weighted by Crippen LogP contribution is 2.24. The molecule has 1 aromatic carbocycles. The highest BCUT2D eigenvalue weighted by atomic mass is 35.5. The number of benzene rings is 1. The highest BCUT2D eigenvalue weighted by Gasteiger charge is 2.20. The Morgan fingerprint density at radius 3 is 2.68 bits per heavy atom. The minimum Gasteiger partial charge on any atom is -0.337 e. The first-order valence-electron chi connectivity index (χ1n) is 6.60. The van der Waals surface area contributed by atoms with Gasteiger partial charge in [0.1, 0.15) is 5.69 Å². The number of piperidine rings is 1. The van der Waals surface area contributed by atoms with Gasteiger partial charge in [0.25, 0.3) is 5.91 Å². The van der Waals surface area contributed by atoms with E-state index in [-0.39, 0.29) is 5.91 Å². The lowest BCUT2D eigenvalue weighted by molar-refractivity contribution is 0.0719. The van der Waals surface area contributed by atoms with E-state index in [9.17, 15) is 4.79 Å². The number of carbonyl (C=O) groups excluding carboxylic acids is 1. The molecular formula is C15H15ClN2O. The topological polar surface area (TPSA) is 33.2 Å². The number of likely N-dealkylation sites (tertiary alicyclic amines) is 1. The normalized spacial score (nSPS) is 15.7. The average Bonchev–Trinajstić information content (AvgIpc) is 2.47. The quantitative estimate of drug-likeness (QED) is 0.797. The number of hydrogen-bond donors (Lipinski definition) is 0. The Balaban J connectivity index is 1.98. The number of nitrogens with zero attached hydrogens (tertiary/aromatic N) is 2. The predicted octanol–water partition coefficient (Wildman–Crippen LogP) is 3.51. The Morgan fingerprint density at radius 1 is 1.16 bits per heavy atom. The summed E-state index contributed by atoms with van der Waals surface area (Å²) in [6, 6.07) is 9.30. The van der Waals surface area contributed by atoms with Crippen LogP contribution in [0.15, 0.2) is 30.3 Å². The molecule has 0 radical (unpaired) electrons. The van der Waals surface area contributed by atoms with Gasteiger partial charge in [0.2, 0.25) is 0 Å². The number of pyridine rings is 1. The predicted molar refractivity (Wildman–Crippen MR) is 76.5 cm³/mol. The number of para-hydroxylation sites is 1. The zero-order valence-electron chi connectivity index (χ0n) is 10.6. The third-order valence-electron chi connectivity index (χ3n) is 3.53. The molecule has 19 heavy (non-hydrogen) atoms. The summed E-state index contributed by atoms with van der Waals surface area (Å²) in [6.07, 6.45) is 3.36. The SMILES string of the molecule is O=C(c1cc(Cl)c2ccccc2n1)N1CCCCC1. The molecule has 0 saturated carbocycles. The van der Waals surface area contributed by atoms with Crippen LogP contribution in [0.3, 0.4) is 0 Å². The summed E-state index contributed by atoms with van der Waals surface area (Å²) in [5.41, 5.74) is 1.22. The number of carbonyl (C=O) groups is 1. The molecule has 0 aliphatic carbocycles. The van der Waals surface area contributed by atoms with E-state index in [0.717, 1.165) is 36.8 Å². The molecule has 1 fully saturated rings. The van der Waals surface area contributed by atoms with Gasteiger partial charge in [-0.25, -0.2) is 4.98 Å². The lowest BCUT2D eigenvalue weighted by atomic mass is 10.1. The van der Waals surface area contributed by atoms with Crippen LogP contribution in [0.25, 0.3) is 10.9 Å². The molecule has 0 N–H and O–H groups in total. The fourth-order valence-corrected chi connectivity index (χ4v) is 2.76. The second kappa shape index (κ2) is 5.17. The molecule has 1 aliphatic heterocycles. The standard InChI is InChI=1S/C15H15ClN2O/c16-12-10-14(15(19)18-8-4-1-5-9-18)17-13-7-3-2-6-11(12)13/h2-3,6-7,10H,1,4-5,8-9H2. The summed E-state index contributed by atoms with van der Waals surface area (Å²) in [4.78, 5) is 18.7. The van der Waals surface area contributed by atoms with E-state index < -0.39 is 0 Å². The Kier molecular flexibility index (Phi) is 3.38. The van der Waals surface area contributed by atoms with Crippen LogP contribution in [0.5, 0.6) is 0 Å². The van der Waals surface area contributed by atoms with Gasteiger partial charge in [-0.05, 0) is 31.4 Å². The van der Waals surface area contributed by atoms with Crippen molar-refractivity contribution < 1.29 is 4.79 Å². The third kappa shape index (κ3) is 2.43. The van der Waals surface area contributed by atoms with Gasteiger partial charge >= 0.3 is 0 Å². The second-order valence-electron chi connectivity index (χ2n) is 4.86. The van der Waals surface area contributed by atoms with Crippen molar-refractivity contribution in [2.75, 3.05) is 13.1 Å². The van der Waals surface area contributed by atoms with Crippen molar-refractivity contribution in [1.82, 2.24) is 9.88 Å². The second-order valence-corrected chi connectivity index (χ2v) is 5.27. The number of amides is 1. The zero-order chi connectivity index (χ0) is 13.2. The molecule has 3 rings (SSSR count). The summed E-state index contributed by atoms with van der Waals surface area (Å²) in [5, 5.41) is 1.48. The first-order chi connectivity index (χ1) is 9.25. The first-order valence-corrected chi connectivity index (χ1v) is 6.98. The number of hydrogen-bond acceptors (Lipinski definition) is 2. The fraction of sp³-hybridized carbons (Fsp3) is 0.333. The average molecular weight is 275 g/mol. The lowest BCUT2D eigenvalue weighted by Gasteiger charge is -2.26. The minimum absolute atomic E-state index is 0.00708.